The first-order chi connectivity index (χ1) is 43.2. The molecule has 0 spiro atoms. The third-order valence-electron chi connectivity index (χ3n) is 14.8. The number of hydrogen-bond donors (Lipinski definition) is 4. The molecule has 6 aromatic rings. The number of nitrogen functional groups attached to an aromatic ring is 3. The molecular weight excluding hydrogens is 1220 g/mol. The second kappa shape index (κ2) is 31.5. The molecule has 4 aliphatic heterocycles. The summed E-state index contributed by atoms with van der Waals surface area (Å²) < 4.78 is 65.3. The smallest absolute Gasteiger partial charge is 0.444 e. The fourth-order valence-corrected chi connectivity index (χ4v) is 9.59. The Bertz CT molecular complexity index is 3360. The molecule has 2 amide bonds. The van der Waals surface area contributed by atoms with Gasteiger partial charge < -0.3 is 65.8 Å². The molecule has 0 radical (unpaired) electrons. The normalized spacial score (nSPS) is 18.3. The molecule has 28 nitrogen and oxygen atoms in total. The number of halogens is 4. The van der Waals surface area contributed by atoms with E-state index in [0.29, 0.717) is 42.7 Å². The molecule has 7 N–H and O–H groups in total. The van der Waals surface area contributed by atoms with E-state index in [9.17, 15) is 22.8 Å². The number of anilines is 6. The van der Waals surface area contributed by atoms with Crippen LogP contribution in [0, 0.1) is 0 Å². The van der Waals surface area contributed by atoms with E-state index in [0.717, 1.165) is 79.8 Å². The van der Waals surface area contributed by atoms with Gasteiger partial charge in [-0.15, -0.1) is 0 Å². The van der Waals surface area contributed by atoms with Gasteiger partial charge in [0.15, 0.2) is 0 Å². The van der Waals surface area contributed by atoms with Crippen LogP contribution in [0.25, 0.3) is 22.8 Å². The zero-order chi connectivity index (χ0) is 69.6. The van der Waals surface area contributed by atoms with Crippen molar-refractivity contribution in [1.29, 1.82) is 0 Å². The van der Waals surface area contributed by atoms with Gasteiger partial charge in [-0.25, -0.2) is 24.5 Å². The molecule has 6 aromatic heterocycles. The van der Waals surface area contributed by atoms with E-state index in [2.05, 4.69) is 60.3 Å². The lowest BCUT2D eigenvalue weighted by atomic mass is 9.85. The summed E-state index contributed by atoms with van der Waals surface area (Å²) in [6.45, 7) is 26.4. The third kappa shape index (κ3) is 22.1. The molecule has 4 aliphatic rings. The van der Waals surface area contributed by atoms with Crippen LogP contribution in [0.3, 0.4) is 0 Å². The van der Waals surface area contributed by atoms with E-state index >= 15 is 0 Å². The Labute approximate surface area is 543 Å². The second-order valence-electron chi connectivity index (χ2n) is 24.9. The van der Waals surface area contributed by atoms with E-state index in [4.69, 9.17) is 53.7 Å². The number of nitrogens with zero attached hydrogens (tertiary/aromatic N) is 17. The lowest BCUT2D eigenvalue weighted by Crippen LogP contribution is -2.42. The zero-order valence-corrected chi connectivity index (χ0v) is 56.6. The molecule has 10 heterocycles. The summed E-state index contributed by atoms with van der Waals surface area (Å²) in [4.78, 5) is 68.1. The molecule has 0 aromatic carbocycles. The fourth-order valence-electron chi connectivity index (χ4n) is 9.40. The molecule has 0 saturated carbocycles. The largest absolute Gasteiger partial charge is 0.516 e. The second-order valence-corrected chi connectivity index (χ2v) is 25.3. The van der Waals surface area contributed by atoms with Crippen LogP contribution in [0.1, 0.15) is 104 Å². The monoisotopic (exact) mass is 1310 g/mol. The first-order valence-electron chi connectivity index (χ1n) is 30.5. The molecule has 0 aliphatic carbocycles. The number of rotatable bonds is 9. The Morgan fingerprint density at radius 3 is 1.37 bits per heavy atom. The van der Waals surface area contributed by atoms with Crippen LogP contribution < -0.4 is 42.8 Å². The van der Waals surface area contributed by atoms with Gasteiger partial charge in [-0.1, -0.05) is 25.4 Å². The number of hydrogen-bond acceptors (Lipinski definition) is 23. The predicted molar refractivity (Wildman–Crippen MR) is 350 cm³/mol. The molecule has 506 valence electrons. The van der Waals surface area contributed by atoms with E-state index in [-0.39, 0.29) is 60.4 Å². The standard InChI is InChI=1S/C18H27N7O2.C14H22ClN5O2.C13H19N7.C10H17BN2O2.C2HF3O.C2H6/c1-18(2,3)27-17(26)24(5)12-6-9-25(11-12)15-10-14(20-16(19)21-15)13-7-8-23(4)22-13;1-14(2,3)22-13(21)19(4)9-5-6-20(8-9)11-7-10(15)17-12(16)18-11;1-15-9-3-6-20(8-9)12-7-11(16-13(14)17-12)10-4-5-19(2)18-10;1-9(2)10(3,4)15-11(14-9)8-6-7-13(5)12-8;3-2(4,5)1-6;1-2/h7-8,10,12H,6,9,11H2,1-5H3,(H2,19,20,21);7,9H,5-6,8H2,1-4H3,(H2,16,17,18);4-5,7,9,15H,3,6,8H2,1-2H3,(H2,14,16,17);6-7H,1-5H3;1H;1-2H3/t12-;2*9-;;;/m111.../s1/i;;;;;1D. The van der Waals surface area contributed by atoms with Crippen LogP contribution in [0.15, 0.2) is 55.0 Å². The van der Waals surface area contributed by atoms with Gasteiger partial charge in [0.05, 0.1) is 40.3 Å². The van der Waals surface area contributed by atoms with Crippen molar-refractivity contribution in [2.75, 3.05) is 92.3 Å². The van der Waals surface area contributed by atoms with Crippen LogP contribution >= 0.6 is 11.6 Å². The number of carbonyl (C=O) groups excluding carboxylic acids is 3. The number of alkyl halides is 3. The van der Waals surface area contributed by atoms with E-state index in [1.807, 2.05) is 151 Å². The van der Waals surface area contributed by atoms with Crippen molar-refractivity contribution < 1.29 is 47.7 Å². The van der Waals surface area contributed by atoms with Gasteiger partial charge in [0.2, 0.25) is 24.1 Å². The number of amides is 2. The maximum absolute atomic E-state index is 12.3. The number of likely N-dealkylation sites (N-methyl/N-ethyl adjacent to an activating group) is 3. The highest BCUT2D eigenvalue weighted by atomic mass is 35.5. The highest BCUT2D eigenvalue weighted by Gasteiger charge is 2.52. The molecular formula is C59H92BClF3N21O7. The molecule has 92 heavy (non-hydrogen) atoms. The maximum Gasteiger partial charge on any atom is 0.516 e. The summed E-state index contributed by atoms with van der Waals surface area (Å²) in [6, 6.07) is 11.9. The number of nitrogens with one attached hydrogen (secondary N) is 1. The number of carbonyl (C=O) groups is 3. The number of aromatic nitrogens is 12. The summed E-state index contributed by atoms with van der Waals surface area (Å²) in [5.74, 6) is 2.93. The molecule has 0 bridgehead atoms. The molecule has 0 unspecified atom stereocenters. The molecule has 33 heteroatoms. The summed E-state index contributed by atoms with van der Waals surface area (Å²) in [6.07, 6.45) is 2.07. The van der Waals surface area contributed by atoms with E-state index in [1.165, 1.54) is 0 Å². The quantitative estimate of drug-likeness (QED) is 0.0656. The van der Waals surface area contributed by atoms with Gasteiger partial charge in [-0.3, -0.25) is 18.8 Å². The minimum atomic E-state index is -4.64. The molecule has 3 atom stereocenters. The molecule has 4 fully saturated rings. The SMILES string of the molecule is CN(C(=O)OC(C)(C)C)[C@@H]1CCN(c2cc(-c3ccn(C)n3)nc(N)n2)C1.CN(C(=O)OC(C)(C)C)[C@@H]1CCN(c2cc(Cl)nc(N)n2)C1.CN[C@@H]1CCN(c2cc(-c3ccn(C)n3)nc(N)n2)C1.Cn1ccc(B2OC(C)(C)C(C)(C)O2)n1.O=CC(F)(F)F.[2H]CC. The Balaban J connectivity index is 0.000000218. The predicted octanol–water partition coefficient (Wildman–Crippen LogP) is 6.81. The van der Waals surface area contributed by atoms with Crippen molar-refractivity contribution >= 4 is 78.1 Å². The van der Waals surface area contributed by atoms with Crippen molar-refractivity contribution in [1.82, 2.24) is 74.4 Å². The van der Waals surface area contributed by atoms with Crippen molar-refractivity contribution in [2.45, 2.75) is 149 Å². The van der Waals surface area contributed by atoms with Crippen LogP contribution in [-0.4, -0.2) is 202 Å². The van der Waals surface area contributed by atoms with Gasteiger partial charge in [-0.05, 0) is 114 Å². The van der Waals surface area contributed by atoms with E-state index < -0.39 is 23.7 Å². The van der Waals surface area contributed by atoms with Crippen molar-refractivity contribution in [3.63, 3.8) is 0 Å². The number of ether oxygens (including phenoxy) is 2. The Morgan fingerprint density at radius 2 is 1.03 bits per heavy atom. The number of aryl methyl sites for hydroxylation is 3. The maximum atomic E-state index is 12.3. The summed E-state index contributed by atoms with van der Waals surface area (Å²) in [7, 11) is 10.8. The fraction of sp³-hybridized carbons (Fsp3) is 0.593. The average Bonchev–Trinajstić information content (AvgIpc) is 1.84. The minimum Gasteiger partial charge on any atom is -0.444 e. The highest BCUT2D eigenvalue weighted by Crippen LogP contribution is 2.36. The topological polar surface area (TPSA) is 325 Å². The minimum absolute atomic E-state index is 0.0503. The van der Waals surface area contributed by atoms with Crippen LogP contribution in [0.5, 0.6) is 0 Å². The van der Waals surface area contributed by atoms with E-state index in [1.54, 1.807) is 50.9 Å². The Hall–Kier alpha value is -8.10. The van der Waals surface area contributed by atoms with Crippen molar-refractivity contribution in [2.24, 2.45) is 21.1 Å². The molecule has 4 saturated heterocycles. The Morgan fingerprint density at radius 1 is 0.663 bits per heavy atom. The lowest BCUT2D eigenvalue weighted by molar-refractivity contribution is -0.156. The first kappa shape index (κ1) is 73.0. The van der Waals surface area contributed by atoms with Gasteiger partial charge in [0.1, 0.15) is 45.2 Å². The number of aldehydes is 1. The van der Waals surface area contributed by atoms with Crippen molar-refractivity contribution in [3.05, 3.63) is 60.1 Å². The lowest BCUT2D eigenvalue weighted by Gasteiger charge is -2.32. The Kier molecular flexibility index (Phi) is 25.0. The highest BCUT2D eigenvalue weighted by molar-refractivity contribution is 6.61. The van der Waals surface area contributed by atoms with Gasteiger partial charge in [0.25, 0.3) is 0 Å². The third-order valence-corrected chi connectivity index (χ3v) is 15.0. The van der Waals surface area contributed by atoms with Gasteiger partial charge >= 0.3 is 25.5 Å². The van der Waals surface area contributed by atoms with Crippen molar-refractivity contribution in [3.8, 4) is 22.8 Å². The first-order valence-corrected chi connectivity index (χ1v) is 30.2. The summed E-state index contributed by atoms with van der Waals surface area (Å²) >= 11 is 5.91. The van der Waals surface area contributed by atoms with Crippen LogP contribution in [0.2, 0.25) is 5.15 Å². The zero-order valence-electron chi connectivity index (χ0n) is 56.9. The molecule has 10 rings (SSSR count). The summed E-state index contributed by atoms with van der Waals surface area (Å²) in [5, 5.41) is 16.6. The van der Waals surface area contributed by atoms with Gasteiger partial charge in [-0.2, -0.15) is 43.4 Å². The van der Waals surface area contributed by atoms with Crippen LogP contribution in [-0.2, 0) is 44.7 Å². The van der Waals surface area contributed by atoms with Gasteiger partial charge in [0, 0.05) is 119 Å². The average molecular weight is 1310 g/mol. The van der Waals surface area contributed by atoms with Crippen LogP contribution in [0.4, 0.5) is 58.1 Å². The summed E-state index contributed by atoms with van der Waals surface area (Å²) in [5.41, 5.74) is 19.6. The number of nitrogens with two attached hydrogens (primary N) is 3.